The van der Waals surface area contributed by atoms with Gasteiger partial charge in [-0.05, 0) is 57.2 Å². The van der Waals surface area contributed by atoms with Gasteiger partial charge in [0.15, 0.2) is 0 Å². The molecule has 2 heterocycles. The molecule has 2 aromatic carbocycles. The molecule has 32 heavy (non-hydrogen) atoms. The third-order valence-corrected chi connectivity index (χ3v) is 5.80. The molecule has 0 unspecified atom stereocenters. The number of aromatic nitrogens is 2. The highest BCUT2D eigenvalue weighted by atomic mass is 19.1. The van der Waals surface area contributed by atoms with Gasteiger partial charge in [0.2, 0.25) is 5.95 Å². The van der Waals surface area contributed by atoms with Gasteiger partial charge in [-0.3, -0.25) is 9.69 Å². The molecule has 0 aliphatic carbocycles. The number of anilines is 1. The van der Waals surface area contributed by atoms with Crippen LogP contribution in [0.3, 0.4) is 0 Å². The van der Waals surface area contributed by atoms with Gasteiger partial charge < -0.3 is 9.64 Å². The van der Waals surface area contributed by atoms with E-state index in [1.807, 2.05) is 4.90 Å². The van der Waals surface area contributed by atoms with Crippen LogP contribution in [0.25, 0.3) is 16.6 Å². The molecule has 7 nitrogen and oxygen atoms in total. The first-order chi connectivity index (χ1) is 15.4. The normalized spacial score (nSPS) is 14.8. The molecule has 0 atom stereocenters. The van der Waals surface area contributed by atoms with Crippen molar-refractivity contribution >= 4 is 22.8 Å². The smallest absolute Gasteiger partial charge is 0.338 e. The predicted molar refractivity (Wildman–Crippen MR) is 122 cm³/mol. The van der Waals surface area contributed by atoms with Crippen molar-refractivity contribution in [1.82, 2.24) is 14.5 Å². The van der Waals surface area contributed by atoms with Gasteiger partial charge in [0.05, 0.1) is 23.2 Å². The topological polar surface area (TPSA) is 67.7 Å². The van der Waals surface area contributed by atoms with Gasteiger partial charge in [0.1, 0.15) is 11.3 Å². The molecule has 1 aliphatic heterocycles. The summed E-state index contributed by atoms with van der Waals surface area (Å²) in [6, 6.07) is 11.5. The summed E-state index contributed by atoms with van der Waals surface area (Å²) in [6.07, 6.45) is 0. The molecule has 1 aromatic heterocycles. The second kappa shape index (κ2) is 9.08. The first-order valence-electron chi connectivity index (χ1n) is 10.9. The molecular formula is C24H27FN4O3. The lowest BCUT2D eigenvalue weighted by atomic mass is 10.2. The number of para-hydroxylation sites is 1. The highest BCUT2D eigenvalue weighted by molar-refractivity contribution is 5.89. The zero-order chi connectivity index (χ0) is 22.8. The Morgan fingerprint density at radius 3 is 2.41 bits per heavy atom. The van der Waals surface area contributed by atoms with Crippen molar-refractivity contribution in [2.75, 3.05) is 37.7 Å². The maximum absolute atomic E-state index is 14.5. The number of hydrogen-bond donors (Lipinski definition) is 0. The fourth-order valence-corrected chi connectivity index (χ4v) is 4.01. The Labute approximate surface area is 186 Å². The van der Waals surface area contributed by atoms with E-state index in [0.29, 0.717) is 36.3 Å². The lowest BCUT2D eigenvalue weighted by Crippen LogP contribution is -2.50. The number of fused-ring (bicyclic) bond motifs is 1. The Morgan fingerprint density at radius 1 is 1.09 bits per heavy atom. The SMILES string of the molecule is CCOC(=O)c1ccc(-n2c(N3CCN(C(C)C)CC3)nc3c(F)cccc3c2=O)cc1. The van der Waals surface area contributed by atoms with E-state index >= 15 is 0 Å². The number of halogens is 1. The summed E-state index contributed by atoms with van der Waals surface area (Å²) in [6.45, 7) is 9.33. The molecule has 4 rings (SSSR count). The minimum absolute atomic E-state index is 0.0678. The Balaban J connectivity index is 1.82. The lowest BCUT2D eigenvalue weighted by Gasteiger charge is -2.38. The number of benzene rings is 2. The number of rotatable bonds is 5. The number of hydrogen-bond acceptors (Lipinski definition) is 6. The molecule has 8 heteroatoms. The average Bonchev–Trinajstić information content (AvgIpc) is 2.80. The van der Waals surface area contributed by atoms with Crippen LogP contribution in [0.15, 0.2) is 47.3 Å². The summed E-state index contributed by atoms with van der Waals surface area (Å²) in [5.74, 6) is -0.540. The average molecular weight is 439 g/mol. The first-order valence-corrected chi connectivity index (χ1v) is 10.9. The van der Waals surface area contributed by atoms with E-state index in [1.54, 1.807) is 37.3 Å². The molecule has 1 fully saturated rings. The van der Waals surface area contributed by atoms with Crippen molar-refractivity contribution in [1.29, 1.82) is 0 Å². The summed E-state index contributed by atoms with van der Waals surface area (Å²) in [5.41, 5.74) is 0.677. The van der Waals surface area contributed by atoms with Crippen molar-refractivity contribution in [3.8, 4) is 5.69 Å². The quantitative estimate of drug-likeness (QED) is 0.570. The summed E-state index contributed by atoms with van der Waals surface area (Å²) in [4.78, 5) is 34.5. The van der Waals surface area contributed by atoms with Gasteiger partial charge in [-0.2, -0.15) is 0 Å². The zero-order valence-corrected chi connectivity index (χ0v) is 18.5. The zero-order valence-electron chi connectivity index (χ0n) is 18.5. The van der Waals surface area contributed by atoms with Crippen LogP contribution in [0.2, 0.25) is 0 Å². The van der Waals surface area contributed by atoms with Crippen LogP contribution in [0.5, 0.6) is 0 Å². The van der Waals surface area contributed by atoms with Crippen molar-refractivity contribution in [3.05, 3.63) is 64.2 Å². The van der Waals surface area contributed by atoms with E-state index < -0.39 is 11.8 Å². The third kappa shape index (κ3) is 4.10. The summed E-state index contributed by atoms with van der Waals surface area (Å²) in [7, 11) is 0. The van der Waals surface area contributed by atoms with E-state index in [2.05, 4.69) is 23.7 Å². The molecule has 0 amide bonds. The summed E-state index contributed by atoms with van der Waals surface area (Å²) in [5, 5.41) is 0.212. The maximum Gasteiger partial charge on any atom is 0.338 e. The van der Waals surface area contributed by atoms with Crippen LogP contribution in [-0.2, 0) is 4.74 Å². The van der Waals surface area contributed by atoms with E-state index in [-0.39, 0.29) is 23.1 Å². The predicted octanol–water partition coefficient (Wildman–Crippen LogP) is 3.23. The van der Waals surface area contributed by atoms with Crippen molar-refractivity contribution in [2.24, 2.45) is 0 Å². The molecular weight excluding hydrogens is 411 g/mol. The standard InChI is InChI=1S/C24H27FN4O3/c1-4-32-23(31)17-8-10-18(11-9-17)29-22(30)19-6-5-7-20(25)21(19)26-24(29)28-14-12-27(13-15-28)16(2)3/h5-11,16H,4,12-15H2,1-3H3. The molecule has 168 valence electrons. The molecule has 0 saturated carbocycles. The van der Waals surface area contributed by atoms with Crippen LogP contribution in [0.1, 0.15) is 31.1 Å². The van der Waals surface area contributed by atoms with Crippen molar-refractivity contribution in [2.45, 2.75) is 26.8 Å². The fourth-order valence-electron chi connectivity index (χ4n) is 4.01. The van der Waals surface area contributed by atoms with Gasteiger partial charge in [0.25, 0.3) is 5.56 Å². The second-order valence-electron chi connectivity index (χ2n) is 8.07. The van der Waals surface area contributed by atoms with Gasteiger partial charge in [-0.1, -0.05) is 6.07 Å². The molecule has 3 aromatic rings. The summed E-state index contributed by atoms with van der Waals surface area (Å²) >= 11 is 0. The van der Waals surface area contributed by atoms with Crippen LogP contribution in [0, 0.1) is 5.82 Å². The van der Waals surface area contributed by atoms with Crippen molar-refractivity contribution < 1.29 is 13.9 Å². The molecule has 1 aliphatic rings. The van der Waals surface area contributed by atoms with Crippen LogP contribution in [0.4, 0.5) is 10.3 Å². The maximum atomic E-state index is 14.5. The molecule has 0 bridgehead atoms. The Bertz CT molecular complexity index is 1180. The van der Waals surface area contributed by atoms with E-state index in [9.17, 15) is 14.0 Å². The number of piperazine rings is 1. The monoisotopic (exact) mass is 438 g/mol. The van der Waals surface area contributed by atoms with E-state index in [4.69, 9.17) is 4.74 Å². The van der Waals surface area contributed by atoms with Crippen LogP contribution < -0.4 is 10.5 Å². The Kier molecular flexibility index (Phi) is 6.23. The van der Waals surface area contributed by atoms with Gasteiger partial charge in [-0.15, -0.1) is 0 Å². The van der Waals surface area contributed by atoms with Gasteiger partial charge >= 0.3 is 5.97 Å². The second-order valence-corrected chi connectivity index (χ2v) is 8.07. The molecule has 0 N–H and O–H groups in total. The van der Waals surface area contributed by atoms with E-state index in [0.717, 1.165) is 13.1 Å². The minimum Gasteiger partial charge on any atom is -0.462 e. The molecule has 0 spiro atoms. The number of nitrogens with zero attached hydrogens (tertiary/aromatic N) is 4. The van der Waals surface area contributed by atoms with Gasteiger partial charge in [-0.25, -0.2) is 18.7 Å². The Hall–Kier alpha value is -3.26. The highest BCUT2D eigenvalue weighted by Crippen LogP contribution is 2.23. The number of esters is 1. The largest absolute Gasteiger partial charge is 0.462 e. The van der Waals surface area contributed by atoms with Gasteiger partial charge in [0, 0.05) is 32.2 Å². The number of ether oxygens (including phenoxy) is 1. The van der Waals surface area contributed by atoms with Crippen molar-refractivity contribution in [3.63, 3.8) is 0 Å². The number of carbonyl (C=O) groups is 1. The van der Waals surface area contributed by atoms with Crippen LogP contribution in [-0.4, -0.2) is 59.2 Å². The first kappa shape index (κ1) is 22.0. The summed E-state index contributed by atoms with van der Waals surface area (Å²) < 4.78 is 21.1. The number of carbonyl (C=O) groups excluding carboxylic acids is 1. The Morgan fingerprint density at radius 2 is 1.78 bits per heavy atom. The van der Waals surface area contributed by atoms with E-state index in [1.165, 1.54) is 16.7 Å². The molecule has 0 radical (unpaired) electrons. The van der Waals surface area contributed by atoms with Crippen LogP contribution >= 0.6 is 0 Å². The lowest BCUT2D eigenvalue weighted by molar-refractivity contribution is 0.0526. The third-order valence-electron chi connectivity index (χ3n) is 5.80. The fraction of sp³-hybridized carbons (Fsp3) is 0.375. The highest BCUT2D eigenvalue weighted by Gasteiger charge is 2.25. The molecule has 1 saturated heterocycles. The minimum atomic E-state index is -0.522.